The predicted octanol–water partition coefficient (Wildman–Crippen LogP) is 4.00. The molecule has 1 aliphatic carbocycles. The molecule has 1 rings (SSSR count). The molecule has 0 N–H and O–H groups in total. The molecule has 1 aliphatic rings. The Balaban J connectivity index is 2.36. The Hall–Kier alpha value is 0.0300. The van der Waals surface area contributed by atoms with Gasteiger partial charge in [-0.15, -0.1) is 11.6 Å². The maximum atomic E-state index is 5.97. The zero-order valence-electron chi connectivity index (χ0n) is 8.15. The predicted molar refractivity (Wildman–Crippen MR) is 55.6 cm³/mol. The molecule has 0 nitrogen and oxygen atoms in total. The summed E-state index contributed by atoms with van der Waals surface area (Å²) in [6.45, 7) is 4.54. The average Bonchev–Trinajstić information content (AvgIpc) is 2.57. The SMILES string of the molecule is CCC(C)(CCl)CC1CC=CC1. The van der Waals surface area contributed by atoms with Gasteiger partial charge >= 0.3 is 0 Å². The molecule has 0 aliphatic heterocycles. The van der Waals surface area contributed by atoms with E-state index in [2.05, 4.69) is 26.0 Å². The fourth-order valence-corrected chi connectivity index (χ4v) is 2.13. The van der Waals surface area contributed by atoms with Crippen LogP contribution in [0.3, 0.4) is 0 Å². The smallest absolute Gasteiger partial charge is 0.0277 e. The largest absolute Gasteiger partial charge is 0.126 e. The lowest BCUT2D eigenvalue weighted by atomic mass is 9.79. The van der Waals surface area contributed by atoms with Crippen molar-refractivity contribution in [3.8, 4) is 0 Å². The third-order valence-corrected chi connectivity index (χ3v) is 3.71. The highest BCUT2D eigenvalue weighted by Gasteiger charge is 2.25. The molecule has 0 bridgehead atoms. The van der Waals surface area contributed by atoms with E-state index < -0.39 is 0 Å². The fourth-order valence-electron chi connectivity index (χ4n) is 1.83. The number of hydrogen-bond acceptors (Lipinski definition) is 0. The maximum Gasteiger partial charge on any atom is 0.0277 e. The highest BCUT2D eigenvalue weighted by molar-refractivity contribution is 6.18. The number of rotatable bonds is 4. The molecule has 1 atom stereocenters. The second-order valence-corrected chi connectivity index (χ2v) is 4.58. The molecule has 0 saturated heterocycles. The Morgan fingerprint density at radius 2 is 2.00 bits per heavy atom. The Kier molecular flexibility index (Phi) is 3.64. The van der Waals surface area contributed by atoms with Crippen LogP contribution in [0.2, 0.25) is 0 Å². The zero-order valence-corrected chi connectivity index (χ0v) is 8.90. The standard InChI is InChI=1S/C11H19Cl/c1-3-11(2,9-12)8-10-6-4-5-7-10/h4-5,10H,3,6-9H2,1-2H3. The van der Waals surface area contributed by atoms with Crippen molar-refractivity contribution in [2.24, 2.45) is 11.3 Å². The highest BCUT2D eigenvalue weighted by Crippen LogP contribution is 2.35. The van der Waals surface area contributed by atoms with Gasteiger partial charge in [0, 0.05) is 5.88 Å². The summed E-state index contributed by atoms with van der Waals surface area (Å²) in [5, 5.41) is 0. The van der Waals surface area contributed by atoms with Gasteiger partial charge in [-0.25, -0.2) is 0 Å². The Morgan fingerprint density at radius 1 is 1.42 bits per heavy atom. The summed E-state index contributed by atoms with van der Waals surface area (Å²) in [4.78, 5) is 0. The van der Waals surface area contributed by atoms with Crippen LogP contribution >= 0.6 is 11.6 Å². The molecule has 0 aromatic heterocycles. The summed E-state index contributed by atoms with van der Waals surface area (Å²) in [5.41, 5.74) is 0.373. The number of hydrogen-bond donors (Lipinski definition) is 0. The van der Waals surface area contributed by atoms with E-state index >= 15 is 0 Å². The van der Waals surface area contributed by atoms with Gasteiger partial charge in [-0.2, -0.15) is 0 Å². The normalized spacial score (nSPS) is 22.9. The maximum absolute atomic E-state index is 5.97. The van der Waals surface area contributed by atoms with Gasteiger partial charge in [0.2, 0.25) is 0 Å². The van der Waals surface area contributed by atoms with Crippen LogP contribution in [-0.2, 0) is 0 Å². The van der Waals surface area contributed by atoms with Crippen molar-refractivity contribution < 1.29 is 0 Å². The van der Waals surface area contributed by atoms with Crippen LogP contribution in [0.1, 0.15) is 39.5 Å². The van der Waals surface area contributed by atoms with Crippen LogP contribution in [0.5, 0.6) is 0 Å². The van der Waals surface area contributed by atoms with E-state index in [1.165, 1.54) is 25.7 Å². The van der Waals surface area contributed by atoms with Crippen molar-refractivity contribution in [2.45, 2.75) is 39.5 Å². The van der Waals surface area contributed by atoms with Crippen molar-refractivity contribution in [2.75, 3.05) is 5.88 Å². The van der Waals surface area contributed by atoms with Crippen molar-refractivity contribution in [3.05, 3.63) is 12.2 Å². The molecular formula is C11H19Cl. The first kappa shape index (κ1) is 10.1. The third-order valence-electron chi connectivity index (χ3n) is 3.06. The van der Waals surface area contributed by atoms with Crippen LogP contribution < -0.4 is 0 Å². The molecule has 70 valence electrons. The van der Waals surface area contributed by atoms with Crippen molar-refractivity contribution >= 4 is 11.6 Å². The Morgan fingerprint density at radius 3 is 2.42 bits per heavy atom. The van der Waals surface area contributed by atoms with Crippen LogP contribution in [0.25, 0.3) is 0 Å². The first-order valence-electron chi connectivity index (χ1n) is 4.91. The van der Waals surface area contributed by atoms with E-state index in [4.69, 9.17) is 11.6 Å². The topological polar surface area (TPSA) is 0 Å². The quantitative estimate of drug-likeness (QED) is 0.460. The van der Waals surface area contributed by atoms with Crippen LogP contribution in [0.4, 0.5) is 0 Å². The lowest BCUT2D eigenvalue weighted by molar-refractivity contribution is 0.268. The molecule has 0 fully saturated rings. The molecule has 0 heterocycles. The summed E-state index contributed by atoms with van der Waals surface area (Å²) in [6.07, 6.45) is 9.63. The van der Waals surface area contributed by atoms with E-state index in [-0.39, 0.29) is 0 Å². The highest BCUT2D eigenvalue weighted by atomic mass is 35.5. The zero-order chi connectivity index (χ0) is 9.03. The molecule has 0 spiro atoms. The average molecular weight is 187 g/mol. The van der Waals surface area contributed by atoms with E-state index in [1.807, 2.05) is 0 Å². The number of alkyl halides is 1. The summed E-state index contributed by atoms with van der Waals surface area (Å²) < 4.78 is 0. The van der Waals surface area contributed by atoms with E-state index in [1.54, 1.807) is 0 Å². The minimum Gasteiger partial charge on any atom is -0.126 e. The molecule has 0 saturated carbocycles. The molecular weight excluding hydrogens is 168 g/mol. The van der Waals surface area contributed by atoms with Gasteiger partial charge < -0.3 is 0 Å². The van der Waals surface area contributed by atoms with Crippen LogP contribution in [0.15, 0.2) is 12.2 Å². The molecule has 0 aromatic rings. The second kappa shape index (κ2) is 4.32. The van der Waals surface area contributed by atoms with E-state index in [9.17, 15) is 0 Å². The van der Waals surface area contributed by atoms with Crippen molar-refractivity contribution in [1.82, 2.24) is 0 Å². The monoisotopic (exact) mass is 186 g/mol. The number of allylic oxidation sites excluding steroid dienone is 2. The Labute approximate surface area is 81.0 Å². The minimum atomic E-state index is 0.373. The summed E-state index contributed by atoms with van der Waals surface area (Å²) in [5.74, 6) is 1.67. The summed E-state index contributed by atoms with van der Waals surface area (Å²) in [7, 11) is 0. The lowest BCUT2D eigenvalue weighted by Gasteiger charge is -2.28. The van der Waals surface area contributed by atoms with Crippen LogP contribution in [-0.4, -0.2) is 5.88 Å². The molecule has 0 amide bonds. The van der Waals surface area contributed by atoms with Crippen molar-refractivity contribution in [1.29, 1.82) is 0 Å². The molecule has 12 heavy (non-hydrogen) atoms. The first-order valence-corrected chi connectivity index (χ1v) is 5.44. The van der Waals surface area contributed by atoms with Gasteiger partial charge in [-0.05, 0) is 37.0 Å². The van der Waals surface area contributed by atoms with Gasteiger partial charge in [-0.3, -0.25) is 0 Å². The number of halogens is 1. The lowest BCUT2D eigenvalue weighted by Crippen LogP contribution is -2.20. The van der Waals surface area contributed by atoms with Crippen LogP contribution in [0, 0.1) is 11.3 Å². The van der Waals surface area contributed by atoms with E-state index in [0.29, 0.717) is 5.41 Å². The molecule has 0 aromatic carbocycles. The van der Waals surface area contributed by atoms with Gasteiger partial charge in [0.1, 0.15) is 0 Å². The summed E-state index contributed by atoms with van der Waals surface area (Å²) >= 11 is 5.97. The minimum absolute atomic E-state index is 0.373. The first-order chi connectivity index (χ1) is 5.70. The fraction of sp³-hybridized carbons (Fsp3) is 0.818. The Bertz CT molecular complexity index is 148. The molecule has 1 unspecified atom stereocenters. The second-order valence-electron chi connectivity index (χ2n) is 4.31. The van der Waals surface area contributed by atoms with E-state index in [0.717, 1.165) is 11.8 Å². The van der Waals surface area contributed by atoms with Gasteiger partial charge in [0.05, 0.1) is 0 Å². The van der Waals surface area contributed by atoms with Crippen molar-refractivity contribution in [3.63, 3.8) is 0 Å². The molecule has 0 radical (unpaired) electrons. The summed E-state index contributed by atoms with van der Waals surface area (Å²) in [6, 6.07) is 0. The molecule has 1 heteroatoms. The van der Waals surface area contributed by atoms with Gasteiger partial charge in [0.15, 0.2) is 0 Å². The third kappa shape index (κ3) is 2.52. The van der Waals surface area contributed by atoms with Gasteiger partial charge in [0.25, 0.3) is 0 Å². The van der Waals surface area contributed by atoms with Gasteiger partial charge in [-0.1, -0.05) is 26.0 Å².